The average Bonchev–Trinajstić information content (AvgIpc) is 2.30. The van der Waals surface area contributed by atoms with Crippen molar-refractivity contribution in [3.8, 4) is 0 Å². The normalized spacial score (nSPS) is 21.6. The first-order valence-electron chi connectivity index (χ1n) is 5.46. The molecule has 1 aromatic carbocycles. The van der Waals surface area contributed by atoms with E-state index in [0.29, 0.717) is 5.92 Å². The zero-order valence-electron chi connectivity index (χ0n) is 9.31. The first-order valence-corrected chi connectivity index (χ1v) is 9.77. The molecule has 0 radical (unpaired) electrons. The van der Waals surface area contributed by atoms with Gasteiger partial charge in [-0.1, -0.05) is 43.3 Å². The van der Waals surface area contributed by atoms with Gasteiger partial charge in [-0.05, 0) is 45.2 Å². The van der Waals surface area contributed by atoms with E-state index >= 15 is 0 Å². The zero-order chi connectivity index (χ0) is 11.4. The van der Waals surface area contributed by atoms with E-state index in [2.05, 4.69) is 70.4 Å². The summed E-state index contributed by atoms with van der Waals surface area (Å²) >= 11 is 2.58. The Kier molecular flexibility index (Phi) is 4.54. The van der Waals surface area contributed by atoms with E-state index in [0.717, 1.165) is 12.6 Å². The number of nitrogens with zero attached hydrogens (tertiary/aromatic N) is 1. The molecule has 0 saturated carbocycles. The van der Waals surface area contributed by atoms with Crippen LogP contribution in [0.5, 0.6) is 0 Å². The molecule has 84 valence electrons. The summed E-state index contributed by atoms with van der Waals surface area (Å²) in [6, 6.07) is 10.8. The summed E-state index contributed by atoms with van der Waals surface area (Å²) in [5.74, 6) is 0.656. The van der Waals surface area contributed by atoms with Gasteiger partial charge in [0.05, 0.1) is 0 Å². The number of hydrogen-bond acceptors (Lipinski definition) is 1. The van der Waals surface area contributed by atoms with Gasteiger partial charge in [0.15, 0.2) is 0 Å². The Hall–Kier alpha value is -0.210. The summed E-state index contributed by atoms with van der Waals surface area (Å²) in [5.41, 5.74) is 1.25. The lowest BCUT2D eigenvalue weighted by Gasteiger charge is -2.16. The third kappa shape index (κ3) is 3.39. The SMILES string of the molecule is CC1C=CN=C(CP(I)c2ccccc2)C1. The number of allylic oxidation sites excluding steroid dienone is 1. The first-order chi connectivity index (χ1) is 7.75. The molecule has 1 aromatic rings. The van der Waals surface area contributed by atoms with Crippen LogP contribution < -0.4 is 5.30 Å². The molecule has 16 heavy (non-hydrogen) atoms. The minimum atomic E-state index is -0.112. The van der Waals surface area contributed by atoms with Gasteiger partial charge in [-0.2, -0.15) is 0 Å². The van der Waals surface area contributed by atoms with Gasteiger partial charge in [0.25, 0.3) is 0 Å². The Morgan fingerprint density at radius 2 is 2.12 bits per heavy atom. The van der Waals surface area contributed by atoms with Crippen molar-refractivity contribution in [2.45, 2.75) is 13.3 Å². The van der Waals surface area contributed by atoms with Crippen LogP contribution in [-0.2, 0) is 0 Å². The maximum Gasteiger partial charge on any atom is 0.0238 e. The van der Waals surface area contributed by atoms with Gasteiger partial charge >= 0.3 is 0 Å². The van der Waals surface area contributed by atoms with Crippen molar-refractivity contribution in [1.82, 2.24) is 0 Å². The Balaban J connectivity index is 2.00. The molecule has 0 aliphatic carbocycles. The standard InChI is InChI=1S/C13H15INP/c1-11-7-8-15-12(9-11)10-16(14)13-5-3-2-4-6-13/h2-8,11H,9-10H2,1H3. The van der Waals surface area contributed by atoms with Crippen molar-refractivity contribution in [3.05, 3.63) is 42.6 Å². The fraction of sp³-hybridized carbons (Fsp3) is 0.308. The molecule has 2 rings (SSSR count). The molecule has 2 atom stereocenters. The second kappa shape index (κ2) is 5.92. The highest BCUT2D eigenvalue weighted by atomic mass is 127. The largest absolute Gasteiger partial charge is 0.266 e. The van der Waals surface area contributed by atoms with Crippen LogP contribution in [-0.4, -0.2) is 11.9 Å². The predicted molar refractivity (Wildman–Crippen MR) is 82.2 cm³/mol. The second-order valence-corrected chi connectivity index (χ2v) is 9.13. The zero-order valence-corrected chi connectivity index (χ0v) is 12.4. The fourth-order valence-electron chi connectivity index (χ4n) is 1.73. The summed E-state index contributed by atoms with van der Waals surface area (Å²) in [4.78, 5) is 4.49. The molecule has 1 nitrogen and oxygen atoms in total. The van der Waals surface area contributed by atoms with E-state index in [4.69, 9.17) is 0 Å². The van der Waals surface area contributed by atoms with Gasteiger partial charge in [-0.15, -0.1) is 0 Å². The molecule has 0 spiro atoms. The molecule has 1 aliphatic rings. The molecular formula is C13H15INP. The summed E-state index contributed by atoms with van der Waals surface area (Å²) in [6.45, 7) is 2.25. The maximum atomic E-state index is 4.49. The van der Waals surface area contributed by atoms with Crippen molar-refractivity contribution >= 4 is 38.6 Å². The highest BCUT2D eigenvalue weighted by Crippen LogP contribution is 2.44. The predicted octanol–water partition coefficient (Wildman–Crippen LogP) is 4.14. The van der Waals surface area contributed by atoms with Crippen LogP contribution in [0.4, 0.5) is 0 Å². The van der Waals surface area contributed by atoms with Crippen molar-refractivity contribution in [2.24, 2.45) is 10.9 Å². The van der Waals surface area contributed by atoms with Crippen LogP contribution in [0.25, 0.3) is 0 Å². The smallest absolute Gasteiger partial charge is 0.0238 e. The first kappa shape index (κ1) is 12.3. The lowest BCUT2D eigenvalue weighted by molar-refractivity contribution is 0.754. The molecule has 3 heteroatoms. The van der Waals surface area contributed by atoms with Gasteiger partial charge in [0.2, 0.25) is 0 Å². The molecule has 0 aromatic heterocycles. The van der Waals surface area contributed by atoms with Crippen molar-refractivity contribution in [2.75, 3.05) is 6.16 Å². The van der Waals surface area contributed by atoms with E-state index < -0.39 is 0 Å². The Bertz CT molecular complexity index is 400. The lowest BCUT2D eigenvalue weighted by atomic mass is 10.0. The summed E-state index contributed by atoms with van der Waals surface area (Å²) in [6.07, 6.45) is 6.41. The van der Waals surface area contributed by atoms with E-state index in [9.17, 15) is 0 Å². The van der Waals surface area contributed by atoms with Crippen LogP contribution in [0.2, 0.25) is 0 Å². The van der Waals surface area contributed by atoms with Gasteiger partial charge < -0.3 is 0 Å². The maximum absolute atomic E-state index is 4.49. The quantitative estimate of drug-likeness (QED) is 0.578. The number of rotatable bonds is 3. The van der Waals surface area contributed by atoms with Crippen LogP contribution in [0.15, 0.2) is 47.6 Å². The number of aliphatic imine (C=N–C) groups is 1. The van der Waals surface area contributed by atoms with E-state index in [1.165, 1.54) is 11.0 Å². The summed E-state index contributed by atoms with van der Waals surface area (Å²) in [5, 5.41) is 1.46. The minimum Gasteiger partial charge on any atom is -0.266 e. The summed E-state index contributed by atoms with van der Waals surface area (Å²) < 4.78 is 0. The average molecular weight is 343 g/mol. The molecular weight excluding hydrogens is 328 g/mol. The highest BCUT2D eigenvalue weighted by molar-refractivity contribution is 14.2. The monoisotopic (exact) mass is 343 g/mol. The molecule has 0 bridgehead atoms. The number of halogens is 1. The lowest BCUT2D eigenvalue weighted by Crippen LogP contribution is -2.12. The molecule has 0 amide bonds. The third-order valence-corrected chi connectivity index (χ3v) is 6.78. The van der Waals surface area contributed by atoms with E-state index in [-0.39, 0.29) is 5.56 Å². The molecule has 0 N–H and O–H groups in total. The van der Waals surface area contributed by atoms with Crippen LogP contribution >= 0.6 is 27.6 Å². The van der Waals surface area contributed by atoms with E-state index in [1.807, 2.05) is 6.20 Å². The topological polar surface area (TPSA) is 12.4 Å². The van der Waals surface area contributed by atoms with Crippen LogP contribution in [0.3, 0.4) is 0 Å². The highest BCUT2D eigenvalue weighted by Gasteiger charge is 2.14. The Morgan fingerprint density at radius 1 is 1.38 bits per heavy atom. The second-order valence-electron chi connectivity index (χ2n) is 4.07. The molecule has 0 fully saturated rings. The summed E-state index contributed by atoms with van der Waals surface area (Å²) in [7, 11) is 0. The van der Waals surface area contributed by atoms with Crippen molar-refractivity contribution in [1.29, 1.82) is 0 Å². The van der Waals surface area contributed by atoms with Gasteiger partial charge in [0.1, 0.15) is 0 Å². The van der Waals surface area contributed by atoms with Crippen LogP contribution in [0.1, 0.15) is 13.3 Å². The molecule has 0 saturated heterocycles. The third-order valence-electron chi connectivity index (χ3n) is 2.59. The minimum absolute atomic E-state index is 0.112. The van der Waals surface area contributed by atoms with Gasteiger partial charge in [0, 0.05) is 18.1 Å². The fourth-order valence-corrected chi connectivity index (χ4v) is 5.09. The molecule has 1 aliphatic heterocycles. The number of benzene rings is 1. The van der Waals surface area contributed by atoms with Crippen LogP contribution in [0, 0.1) is 5.92 Å². The van der Waals surface area contributed by atoms with Crippen molar-refractivity contribution < 1.29 is 0 Å². The van der Waals surface area contributed by atoms with Gasteiger partial charge in [-0.25, -0.2) is 0 Å². The number of hydrogen-bond donors (Lipinski definition) is 0. The Morgan fingerprint density at radius 3 is 2.81 bits per heavy atom. The van der Waals surface area contributed by atoms with E-state index in [1.54, 1.807) is 0 Å². The molecule has 2 unspecified atom stereocenters. The Labute approximate surface area is 111 Å². The van der Waals surface area contributed by atoms with Crippen molar-refractivity contribution in [3.63, 3.8) is 0 Å². The molecule has 1 heterocycles. The van der Waals surface area contributed by atoms with Gasteiger partial charge in [-0.3, -0.25) is 4.99 Å².